The third-order valence-electron chi connectivity index (χ3n) is 3.27. The Morgan fingerprint density at radius 1 is 1.24 bits per heavy atom. The summed E-state index contributed by atoms with van der Waals surface area (Å²) in [4.78, 5) is 0. The van der Waals surface area contributed by atoms with Crippen molar-refractivity contribution >= 4 is 0 Å². The summed E-state index contributed by atoms with van der Waals surface area (Å²) in [5.41, 5.74) is 3.24. The largest absolute Gasteiger partial charge is 0.493 e. The topological polar surface area (TPSA) is 48.3 Å². The van der Waals surface area contributed by atoms with Gasteiger partial charge in [0.25, 0.3) is 0 Å². The summed E-state index contributed by atoms with van der Waals surface area (Å²) >= 11 is 0. The van der Waals surface area contributed by atoms with E-state index in [1.807, 2.05) is 42.9 Å². The highest BCUT2D eigenvalue weighted by Crippen LogP contribution is 2.28. The summed E-state index contributed by atoms with van der Waals surface area (Å²) in [6, 6.07) is 8.03. The van der Waals surface area contributed by atoms with Crippen molar-refractivity contribution in [1.82, 2.24) is 15.1 Å². The zero-order chi connectivity index (χ0) is 15.2. The zero-order valence-electron chi connectivity index (χ0n) is 13.1. The molecule has 0 radical (unpaired) electrons. The summed E-state index contributed by atoms with van der Waals surface area (Å²) in [5.74, 6) is 1.50. The Kier molecular flexibility index (Phi) is 5.22. The van der Waals surface area contributed by atoms with E-state index < -0.39 is 0 Å². The minimum Gasteiger partial charge on any atom is -0.493 e. The molecular weight excluding hydrogens is 266 g/mol. The minimum absolute atomic E-state index is 0.483. The number of ether oxygens (including phenoxy) is 2. The van der Waals surface area contributed by atoms with Crippen LogP contribution < -0.4 is 14.8 Å². The van der Waals surface area contributed by atoms with Crippen molar-refractivity contribution in [3.63, 3.8) is 0 Å². The van der Waals surface area contributed by atoms with E-state index in [-0.39, 0.29) is 0 Å². The normalized spacial score (nSPS) is 10.7. The van der Waals surface area contributed by atoms with Crippen LogP contribution in [-0.2, 0) is 19.7 Å². The van der Waals surface area contributed by atoms with Gasteiger partial charge in [-0.2, -0.15) is 5.10 Å². The van der Waals surface area contributed by atoms with Crippen LogP contribution in [0.3, 0.4) is 0 Å². The van der Waals surface area contributed by atoms with Crippen LogP contribution in [0, 0.1) is 6.92 Å². The highest BCUT2D eigenvalue weighted by Gasteiger charge is 2.09. The number of hydrogen-bond acceptors (Lipinski definition) is 4. The van der Waals surface area contributed by atoms with Crippen LogP contribution >= 0.6 is 0 Å². The molecule has 0 fully saturated rings. The molecule has 2 aromatic rings. The molecule has 0 spiro atoms. The molecule has 0 saturated heterocycles. The number of aromatic nitrogens is 2. The Morgan fingerprint density at radius 3 is 2.71 bits per heavy atom. The first kappa shape index (κ1) is 15.4. The van der Waals surface area contributed by atoms with Gasteiger partial charge in [-0.1, -0.05) is 6.07 Å². The van der Waals surface area contributed by atoms with Crippen LogP contribution in [0.15, 0.2) is 24.3 Å². The van der Waals surface area contributed by atoms with Gasteiger partial charge >= 0.3 is 0 Å². The average Bonchev–Trinajstić information content (AvgIpc) is 2.86. The molecule has 1 aromatic carbocycles. The number of methoxy groups -OCH3 is 1. The van der Waals surface area contributed by atoms with E-state index in [4.69, 9.17) is 9.47 Å². The Bertz CT molecular complexity index is 593. The van der Waals surface area contributed by atoms with E-state index in [2.05, 4.69) is 17.3 Å². The SMILES string of the molecule is CCn1nc(C)cc1COc1ccc(CNC)cc1OC. The molecule has 1 N–H and O–H groups in total. The van der Waals surface area contributed by atoms with Crippen molar-refractivity contribution in [1.29, 1.82) is 0 Å². The number of benzene rings is 1. The maximum absolute atomic E-state index is 5.90. The van der Waals surface area contributed by atoms with E-state index in [0.29, 0.717) is 6.61 Å². The Balaban J connectivity index is 2.12. The number of aryl methyl sites for hydroxylation is 2. The lowest BCUT2D eigenvalue weighted by molar-refractivity contribution is 0.274. The maximum atomic E-state index is 5.90. The maximum Gasteiger partial charge on any atom is 0.161 e. The Hall–Kier alpha value is -2.01. The van der Waals surface area contributed by atoms with Crippen LogP contribution in [0.2, 0.25) is 0 Å². The molecule has 5 nitrogen and oxygen atoms in total. The Morgan fingerprint density at radius 2 is 2.05 bits per heavy atom. The first-order valence-electron chi connectivity index (χ1n) is 7.15. The molecular formula is C16H23N3O2. The van der Waals surface area contributed by atoms with Crippen molar-refractivity contribution in [2.75, 3.05) is 14.2 Å². The van der Waals surface area contributed by atoms with Gasteiger partial charge in [-0.3, -0.25) is 4.68 Å². The number of hydrogen-bond donors (Lipinski definition) is 1. The van der Waals surface area contributed by atoms with Crippen LogP contribution in [0.25, 0.3) is 0 Å². The van der Waals surface area contributed by atoms with Gasteiger partial charge in [0, 0.05) is 13.1 Å². The number of rotatable bonds is 7. The molecule has 1 heterocycles. The van der Waals surface area contributed by atoms with E-state index in [0.717, 1.165) is 41.5 Å². The number of nitrogens with zero attached hydrogens (tertiary/aromatic N) is 2. The van der Waals surface area contributed by atoms with Crippen molar-refractivity contribution in [2.24, 2.45) is 0 Å². The van der Waals surface area contributed by atoms with Crippen LogP contribution in [-0.4, -0.2) is 23.9 Å². The zero-order valence-corrected chi connectivity index (χ0v) is 13.1. The summed E-state index contributed by atoms with van der Waals surface area (Å²) in [6.45, 7) is 6.19. The summed E-state index contributed by atoms with van der Waals surface area (Å²) in [7, 11) is 3.58. The van der Waals surface area contributed by atoms with E-state index >= 15 is 0 Å². The first-order chi connectivity index (χ1) is 10.2. The molecule has 5 heteroatoms. The van der Waals surface area contributed by atoms with Crippen molar-refractivity contribution in [3.05, 3.63) is 41.2 Å². The van der Waals surface area contributed by atoms with Gasteiger partial charge in [-0.15, -0.1) is 0 Å². The third-order valence-corrected chi connectivity index (χ3v) is 3.27. The van der Waals surface area contributed by atoms with Crippen LogP contribution in [0.5, 0.6) is 11.5 Å². The lowest BCUT2D eigenvalue weighted by atomic mass is 10.2. The lowest BCUT2D eigenvalue weighted by Crippen LogP contribution is -2.07. The first-order valence-corrected chi connectivity index (χ1v) is 7.15. The highest BCUT2D eigenvalue weighted by atomic mass is 16.5. The van der Waals surface area contributed by atoms with Crippen molar-refractivity contribution in [3.8, 4) is 11.5 Å². The minimum atomic E-state index is 0.483. The van der Waals surface area contributed by atoms with Gasteiger partial charge in [-0.25, -0.2) is 0 Å². The van der Waals surface area contributed by atoms with Crippen molar-refractivity contribution in [2.45, 2.75) is 33.5 Å². The quantitative estimate of drug-likeness (QED) is 0.851. The molecule has 0 aliphatic rings. The molecule has 1 aromatic heterocycles. The van der Waals surface area contributed by atoms with Gasteiger partial charge in [0.1, 0.15) is 6.61 Å². The van der Waals surface area contributed by atoms with E-state index in [1.54, 1.807) is 7.11 Å². The molecule has 21 heavy (non-hydrogen) atoms. The van der Waals surface area contributed by atoms with Gasteiger partial charge in [-0.05, 0) is 44.7 Å². The summed E-state index contributed by atoms with van der Waals surface area (Å²) < 4.78 is 13.3. The van der Waals surface area contributed by atoms with Crippen LogP contribution in [0.4, 0.5) is 0 Å². The molecule has 0 unspecified atom stereocenters. The lowest BCUT2D eigenvalue weighted by Gasteiger charge is -2.12. The molecule has 2 rings (SSSR count). The fraction of sp³-hybridized carbons (Fsp3) is 0.438. The fourth-order valence-electron chi connectivity index (χ4n) is 2.29. The molecule has 0 bridgehead atoms. The summed E-state index contributed by atoms with van der Waals surface area (Å²) in [5, 5.41) is 7.54. The Labute approximate surface area is 125 Å². The second kappa shape index (κ2) is 7.13. The predicted octanol–water partition coefficient (Wildman–Crippen LogP) is 2.52. The van der Waals surface area contributed by atoms with Gasteiger partial charge in [0.05, 0.1) is 18.5 Å². The van der Waals surface area contributed by atoms with Gasteiger partial charge < -0.3 is 14.8 Å². The van der Waals surface area contributed by atoms with Gasteiger partial charge in [0.2, 0.25) is 0 Å². The van der Waals surface area contributed by atoms with Crippen molar-refractivity contribution < 1.29 is 9.47 Å². The summed E-state index contributed by atoms with van der Waals surface area (Å²) in [6.07, 6.45) is 0. The number of nitrogens with one attached hydrogen (secondary N) is 1. The third kappa shape index (κ3) is 3.76. The van der Waals surface area contributed by atoms with Gasteiger partial charge in [0.15, 0.2) is 11.5 Å². The smallest absolute Gasteiger partial charge is 0.161 e. The molecule has 0 aliphatic heterocycles. The second-order valence-corrected chi connectivity index (χ2v) is 4.90. The average molecular weight is 289 g/mol. The monoisotopic (exact) mass is 289 g/mol. The predicted molar refractivity (Wildman–Crippen MR) is 82.7 cm³/mol. The van der Waals surface area contributed by atoms with Crippen LogP contribution in [0.1, 0.15) is 23.9 Å². The standard InChI is InChI=1S/C16H23N3O2/c1-5-19-14(8-12(2)18-19)11-21-15-7-6-13(10-17-3)9-16(15)20-4/h6-9,17H,5,10-11H2,1-4H3. The van der Waals surface area contributed by atoms with E-state index in [9.17, 15) is 0 Å². The van der Waals surface area contributed by atoms with E-state index in [1.165, 1.54) is 0 Å². The molecule has 0 aliphatic carbocycles. The molecule has 0 saturated carbocycles. The highest BCUT2D eigenvalue weighted by molar-refractivity contribution is 5.43. The molecule has 0 atom stereocenters. The fourth-order valence-corrected chi connectivity index (χ4v) is 2.29. The second-order valence-electron chi connectivity index (χ2n) is 4.90. The molecule has 114 valence electrons. The molecule has 0 amide bonds.